The topological polar surface area (TPSA) is 71.5 Å². The third-order valence-corrected chi connectivity index (χ3v) is 28.4. The molecule has 688 valence electrons. The van der Waals surface area contributed by atoms with E-state index in [0.29, 0.717) is 69.3 Å². The van der Waals surface area contributed by atoms with E-state index in [1.54, 1.807) is 67.5 Å². The van der Waals surface area contributed by atoms with Crippen molar-refractivity contribution < 1.29 is 61.8 Å². The summed E-state index contributed by atoms with van der Waals surface area (Å²) in [6.45, 7) is 7.06. The number of benzene rings is 8. The lowest BCUT2D eigenvalue weighted by atomic mass is 9.79. The standard InChI is InChI=1S/2C28H34N.C26H27N2O.C22H23N2O.C22H24N/c1-19-11-9-10-14-25(19)27-17-26(22(4)18-29(27)5)24-15-20(2)28(21(3)16-24)23-12-7-6-8-13-23;1-20(2)27-19-29(4)28(25-13-9-8-10-21(25)3)18-26(27)24-16-14-23(15-17-24)22-11-6-5-7-12-22;1-15-4-8-20-21-9-5-16(2)27-26(21)29-25(20)24(15)23-14-19(10-11-28(23)3)22-13-17-6-7-18(22)12-17;1-13(2)18-9-8-17-16-7-6-15(4)20(21(16)25-22(17)23-18)19-12-14(3)10-11-24(19)5;1-15-10-11-19(17(3)12-15)21-13-22(23(5)14-18(21)4)20-9-7-6-8-16(20)2/h9-11,14-18,23H,6-8,12-13H2,1-5H3;8-10,13-20,22H,5-7,11-12H2,1-4H3;4-5,8-11,14,17-18,22H,6-7,12-13H2,1-3H3;6-13H,1-5H3;6-14H,1-5H3/q5*+1/i2D3,4D3,23D;1D3,20D,22D;22D;1D3;3D3,4D3. The van der Waals surface area contributed by atoms with Crippen molar-refractivity contribution in [2.24, 2.45) is 47.1 Å². The lowest BCUT2D eigenvalue weighted by Gasteiger charge is -2.26. The largest absolute Gasteiger partial charge is 0.437 e. The van der Waals surface area contributed by atoms with Gasteiger partial charge in [0.05, 0.1) is 11.1 Å². The molecule has 0 aliphatic heterocycles. The molecule has 5 unspecified atom stereocenters. The van der Waals surface area contributed by atoms with Gasteiger partial charge in [0.25, 0.3) is 0 Å². The van der Waals surface area contributed by atoms with Crippen molar-refractivity contribution >= 4 is 44.1 Å². The summed E-state index contributed by atoms with van der Waals surface area (Å²) in [5.41, 5.74) is 29.9. The van der Waals surface area contributed by atoms with Crippen LogP contribution in [-0.2, 0) is 35.2 Å². The van der Waals surface area contributed by atoms with E-state index in [1.807, 2.05) is 198 Å². The summed E-state index contributed by atoms with van der Waals surface area (Å²) in [6.07, 6.45) is 23.2. The van der Waals surface area contributed by atoms with E-state index in [-0.39, 0.29) is 22.3 Å². The lowest BCUT2D eigenvalue weighted by molar-refractivity contribution is -0.660. The highest BCUT2D eigenvalue weighted by molar-refractivity contribution is 6.10. The van der Waals surface area contributed by atoms with Crippen molar-refractivity contribution in [1.29, 1.82) is 0 Å². The van der Waals surface area contributed by atoms with Crippen LogP contribution in [0, 0.1) is 102 Å². The second-order valence-corrected chi connectivity index (χ2v) is 38.3. The van der Waals surface area contributed by atoms with Crippen molar-refractivity contribution in [3.05, 3.63) is 350 Å². The number of aromatic nitrogens is 7. The molecule has 5 atom stereocenters. The quantitative estimate of drug-likeness (QED) is 0.108. The monoisotopic (exact) mass is 1810 g/mol. The first-order chi connectivity index (χ1) is 73.7. The van der Waals surface area contributed by atoms with Gasteiger partial charge in [-0.05, 0) is 319 Å². The van der Waals surface area contributed by atoms with Crippen LogP contribution in [0.4, 0.5) is 0 Å². The fraction of sp³-hybridized carbons (Fsp3) is 0.341. The zero-order valence-electron chi connectivity index (χ0n) is 103. The Morgan fingerprint density at radius 1 is 0.363 bits per heavy atom. The zero-order valence-corrected chi connectivity index (χ0v) is 81.2. The van der Waals surface area contributed by atoms with Crippen LogP contribution in [0.2, 0.25) is 0 Å². The third-order valence-electron chi connectivity index (χ3n) is 28.4. The first-order valence-corrected chi connectivity index (χ1v) is 47.9. The molecule has 4 aliphatic rings. The molecule has 21 rings (SSSR count). The minimum atomic E-state index is -2.48. The summed E-state index contributed by atoms with van der Waals surface area (Å²) >= 11 is 0. The molecule has 8 aromatic carbocycles. The minimum absolute atomic E-state index is 0.131. The van der Waals surface area contributed by atoms with E-state index in [4.69, 9.17) is 36.2 Å². The molecule has 2 bridgehead atoms. The summed E-state index contributed by atoms with van der Waals surface area (Å²) in [6, 6.07) is 71.2. The molecule has 9 aromatic heterocycles. The number of hydrogen-bond donors (Lipinski definition) is 0. The van der Waals surface area contributed by atoms with Crippen LogP contribution in [-0.4, -0.2) is 9.97 Å². The second kappa shape index (κ2) is 40.5. The molecule has 9 heterocycles. The van der Waals surface area contributed by atoms with Gasteiger partial charge in [0.2, 0.25) is 39.9 Å². The number of aryl methyl sites for hydroxylation is 18. The molecular weight excluding hydrogens is 1640 g/mol. The first kappa shape index (κ1) is 70.1. The second-order valence-electron chi connectivity index (χ2n) is 38.3. The van der Waals surface area contributed by atoms with Gasteiger partial charge in [-0.15, -0.1) is 0 Å². The van der Waals surface area contributed by atoms with Crippen molar-refractivity contribution in [1.82, 2.24) is 9.97 Å². The average Bonchev–Trinajstić information content (AvgIpc) is 1.13. The van der Waals surface area contributed by atoms with Gasteiger partial charge in [-0.1, -0.05) is 212 Å². The molecule has 4 fully saturated rings. The van der Waals surface area contributed by atoms with E-state index in [1.165, 1.54) is 43.7 Å². The Morgan fingerprint density at radius 2 is 0.881 bits per heavy atom. The molecule has 4 saturated carbocycles. The molecule has 0 saturated heterocycles. The van der Waals surface area contributed by atoms with Gasteiger partial charge in [0.1, 0.15) is 35.2 Å². The van der Waals surface area contributed by atoms with Crippen LogP contribution in [0.5, 0.6) is 0 Å². The van der Waals surface area contributed by atoms with Crippen LogP contribution in [0.25, 0.3) is 134 Å². The number of hydrogen-bond acceptors (Lipinski definition) is 4. The average molecular weight is 1810 g/mol. The predicted octanol–water partition coefficient (Wildman–Crippen LogP) is 30.7. The Morgan fingerprint density at radius 3 is 1.44 bits per heavy atom. The molecule has 0 N–H and O–H groups in total. The third kappa shape index (κ3) is 20.0. The van der Waals surface area contributed by atoms with Gasteiger partial charge in [0.15, 0.2) is 42.2 Å². The van der Waals surface area contributed by atoms with Gasteiger partial charge in [-0.25, -0.2) is 32.8 Å². The SMILES string of the molecule is [2H]C([2H])([2H])C(C)c1ccc2c(n1)oc1c(-c3cc(C)cc[n+]3C)c(C)ccc12.[2H]C([2H])([2H])c1c[n+](C)c(-c2ccccc2C)cc1-c1cc(C)c(C2([2H])CCCCC2)c(C([2H])([2H])[2H])c1.[2H]C([2H])([2H])c1cc(C)ccc1-c1cc(-c2ccccc2C)[n+](C)cc1C([2H])([2H])[2H].[2H]C1(c2cc[n+](C)c(-c3c(C)ccc4c3oc3nc(C)ccc34)c2)CC2CCC1C2.[2H]C1(c2ccc(-c3cc(-c4ccccc4C)[n+](C)cc3C([2H])(C)C([2H])([2H])[2H])cc2)CCCCC1. The fourth-order valence-corrected chi connectivity index (χ4v) is 21.0. The van der Waals surface area contributed by atoms with E-state index < -0.39 is 70.6 Å². The van der Waals surface area contributed by atoms with Crippen molar-refractivity contribution in [2.75, 3.05) is 0 Å². The van der Waals surface area contributed by atoms with Crippen LogP contribution < -0.4 is 22.8 Å². The normalized spacial score (nSPS) is 20.1. The summed E-state index contributed by atoms with van der Waals surface area (Å²) in [4.78, 5) is 9.16. The fourth-order valence-electron chi connectivity index (χ4n) is 21.0. The van der Waals surface area contributed by atoms with Crippen LogP contribution in [0.1, 0.15) is 277 Å². The van der Waals surface area contributed by atoms with Crippen LogP contribution in [0.15, 0.2) is 258 Å². The number of pyridine rings is 7. The number of nitrogens with zero attached hydrogens (tertiary/aromatic N) is 7. The Labute approximate surface area is 835 Å². The van der Waals surface area contributed by atoms with E-state index in [2.05, 4.69) is 121 Å². The minimum Gasteiger partial charge on any atom is -0.437 e. The van der Waals surface area contributed by atoms with Gasteiger partial charge in [0, 0.05) is 139 Å². The molecule has 135 heavy (non-hydrogen) atoms. The van der Waals surface area contributed by atoms with E-state index >= 15 is 0 Å². The number of rotatable bonds is 13. The predicted molar refractivity (Wildman–Crippen MR) is 561 cm³/mol. The van der Waals surface area contributed by atoms with Gasteiger partial charge in [-0.2, -0.15) is 0 Å². The van der Waals surface area contributed by atoms with Crippen LogP contribution >= 0.6 is 0 Å². The molecule has 17 aromatic rings. The first-order valence-electron chi connectivity index (χ1n) is 58.9. The summed E-state index contributed by atoms with van der Waals surface area (Å²) in [5, 5.41) is 4.04. The van der Waals surface area contributed by atoms with Crippen molar-refractivity contribution in [2.45, 2.75) is 237 Å². The molecule has 4 aliphatic carbocycles. The summed E-state index contributed by atoms with van der Waals surface area (Å²) in [7, 11) is 9.64. The molecule has 0 amide bonds. The Balaban J connectivity index is 0.000000133. The molecule has 0 radical (unpaired) electrons. The number of fused-ring (bicyclic) bond motifs is 8. The molecule has 0 spiro atoms. The number of furan rings is 2. The van der Waals surface area contributed by atoms with E-state index in [9.17, 15) is 2.74 Å². The van der Waals surface area contributed by atoms with Crippen molar-refractivity contribution in [3.63, 3.8) is 0 Å². The maximum atomic E-state index is 9.32. The highest BCUT2D eigenvalue weighted by Gasteiger charge is 2.41. The molecule has 9 nitrogen and oxygen atoms in total. The lowest BCUT2D eigenvalue weighted by Crippen LogP contribution is -2.32. The smallest absolute Gasteiger partial charge is 0.227 e. The summed E-state index contributed by atoms with van der Waals surface area (Å²) in [5.74, 6) is -3.12. The highest BCUT2D eigenvalue weighted by atomic mass is 16.3. The Hall–Kier alpha value is -12.6. The maximum Gasteiger partial charge on any atom is 0.227 e. The summed E-state index contributed by atoms with van der Waals surface area (Å²) < 4.78 is 203. The molecule has 9 heteroatoms. The van der Waals surface area contributed by atoms with Gasteiger partial charge >= 0.3 is 0 Å². The van der Waals surface area contributed by atoms with Gasteiger partial charge in [-0.3, -0.25) is 0 Å². The highest BCUT2D eigenvalue weighted by Crippen LogP contribution is 2.54. The van der Waals surface area contributed by atoms with E-state index in [0.717, 1.165) is 208 Å². The van der Waals surface area contributed by atoms with Crippen molar-refractivity contribution in [3.8, 4) is 89.7 Å². The molecular formula is C126H142N7O2+5. The Kier molecular flexibility index (Phi) is 21.1. The van der Waals surface area contributed by atoms with Crippen LogP contribution in [0.3, 0.4) is 0 Å². The van der Waals surface area contributed by atoms with Gasteiger partial charge < -0.3 is 8.83 Å². The zero-order chi connectivity index (χ0) is 114. The maximum absolute atomic E-state index is 9.32. The Bertz CT molecular complexity index is 8280.